The molecule has 0 amide bonds. The van der Waals surface area contributed by atoms with Crippen molar-refractivity contribution in [1.82, 2.24) is 4.90 Å². The quantitative estimate of drug-likeness (QED) is 0.574. The SMILES string of the molecule is O=CC1(CN2CCS(=O)(=O)CC2)CCCCCC1. The molecular weight excluding hydrogens is 250 g/mol. The van der Waals surface area contributed by atoms with Crippen molar-refractivity contribution < 1.29 is 13.2 Å². The monoisotopic (exact) mass is 273 g/mol. The molecule has 1 heterocycles. The molecule has 1 aliphatic heterocycles. The highest BCUT2D eigenvalue weighted by atomic mass is 32.2. The first-order chi connectivity index (χ1) is 8.55. The van der Waals surface area contributed by atoms with Crippen LogP contribution in [0, 0.1) is 5.41 Å². The Bertz CT molecular complexity index is 369. The van der Waals surface area contributed by atoms with E-state index in [1.807, 2.05) is 0 Å². The Hall–Kier alpha value is -0.420. The summed E-state index contributed by atoms with van der Waals surface area (Å²) in [5.41, 5.74) is -0.211. The lowest BCUT2D eigenvalue weighted by Crippen LogP contribution is -2.46. The van der Waals surface area contributed by atoms with Gasteiger partial charge in [0.2, 0.25) is 0 Å². The van der Waals surface area contributed by atoms with Crippen LogP contribution in [0.15, 0.2) is 0 Å². The van der Waals surface area contributed by atoms with Gasteiger partial charge < -0.3 is 9.69 Å². The first-order valence-corrected chi connectivity index (χ1v) is 8.77. The van der Waals surface area contributed by atoms with Gasteiger partial charge in [0.05, 0.1) is 11.5 Å². The van der Waals surface area contributed by atoms with Crippen LogP contribution in [-0.4, -0.2) is 50.7 Å². The minimum absolute atomic E-state index is 0.211. The summed E-state index contributed by atoms with van der Waals surface area (Å²) in [6.07, 6.45) is 7.80. The van der Waals surface area contributed by atoms with Crippen LogP contribution in [0.3, 0.4) is 0 Å². The van der Waals surface area contributed by atoms with Gasteiger partial charge in [-0.15, -0.1) is 0 Å². The molecule has 2 rings (SSSR count). The van der Waals surface area contributed by atoms with Gasteiger partial charge in [0.15, 0.2) is 9.84 Å². The molecular formula is C13H23NO3S. The first kappa shape index (κ1) is 14.0. The van der Waals surface area contributed by atoms with Gasteiger partial charge in [-0.1, -0.05) is 25.7 Å². The molecule has 5 heteroatoms. The second-order valence-electron chi connectivity index (χ2n) is 5.82. The van der Waals surface area contributed by atoms with Crippen LogP contribution in [-0.2, 0) is 14.6 Å². The van der Waals surface area contributed by atoms with Gasteiger partial charge in [-0.2, -0.15) is 0 Å². The molecule has 1 aliphatic carbocycles. The number of hydrogen-bond donors (Lipinski definition) is 0. The average Bonchev–Trinajstić information content (AvgIpc) is 2.58. The van der Waals surface area contributed by atoms with E-state index in [-0.39, 0.29) is 16.9 Å². The van der Waals surface area contributed by atoms with E-state index < -0.39 is 9.84 Å². The average molecular weight is 273 g/mol. The summed E-state index contributed by atoms with van der Waals surface area (Å²) in [6, 6.07) is 0. The predicted octanol–water partition coefficient (Wildman–Crippen LogP) is 1.26. The van der Waals surface area contributed by atoms with E-state index in [4.69, 9.17) is 0 Å². The molecule has 1 saturated carbocycles. The molecule has 0 atom stereocenters. The van der Waals surface area contributed by atoms with Gasteiger partial charge in [0.25, 0.3) is 0 Å². The lowest BCUT2D eigenvalue weighted by atomic mass is 9.81. The molecule has 104 valence electrons. The maximum Gasteiger partial charge on any atom is 0.152 e. The second kappa shape index (κ2) is 5.70. The number of carbonyl (C=O) groups is 1. The maximum absolute atomic E-state index is 11.5. The zero-order valence-electron chi connectivity index (χ0n) is 10.9. The normalized spacial score (nSPS) is 28.4. The van der Waals surface area contributed by atoms with Gasteiger partial charge in [0.1, 0.15) is 6.29 Å². The van der Waals surface area contributed by atoms with Crippen LogP contribution >= 0.6 is 0 Å². The third kappa shape index (κ3) is 3.54. The second-order valence-corrected chi connectivity index (χ2v) is 8.13. The van der Waals surface area contributed by atoms with Crippen LogP contribution in [0.4, 0.5) is 0 Å². The van der Waals surface area contributed by atoms with Crippen molar-refractivity contribution in [3.8, 4) is 0 Å². The van der Waals surface area contributed by atoms with Crippen molar-refractivity contribution in [2.45, 2.75) is 38.5 Å². The van der Waals surface area contributed by atoms with E-state index in [1.54, 1.807) is 0 Å². The summed E-state index contributed by atoms with van der Waals surface area (Å²) < 4.78 is 22.8. The zero-order chi connectivity index (χ0) is 13.1. The number of hydrogen-bond acceptors (Lipinski definition) is 4. The van der Waals surface area contributed by atoms with Crippen molar-refractivity contribution in [2.75, 3.05) is 31.1 Å². The lowest BCUT2D eigenvalue weighted by molar-refractivity contribution is -0.118. The summed E-state index contributed by atoms with van der Waals surface area (Å²) in [4.78, 5) is 13.7. The molecule has 4 nitrogen and oxygen atoms in total. The van der Waals surface area contributed by atoms with Gasteiger partial charge in [-0.3, -0.25) is 0 Å². The number of sulfone groups is 1. The van der Waals surface area contributed by atoms with Gasteiger partial charge in [-0.05, 0) is 12.8 Å². The van der Waals surface area contributed by atoms with Crippen LogP contribution in [0.25, 0.3) is 0 Å². The van der Waals surface area contributed by atoms with E-state index in [9.17, 15) is 13.2 Å². The van der Waals surface area contributed by atoms with E-state index in [1.165, 1.54) is 12.8 Å². The van der Waals surface area contributed by atoms with Crippen molar-refractivity contribution in [2.24, 2.45) is 5.41 Å². The fourth-order valence-corrected chi connectivity index (χ4v) is 4.38. The molecule has 0 aromatic rings. The molecule has 0 bridgehead atoms. The molecule has 2 fully saturated rings. The van der Waals surface area contributed by atoms with E-state index in [0.717, 1.165) is 38.5 Å². The maximum atomic E-state index is 11.5. The van der Waals surface area contributed by atoms with E-state index in [2.05, 4.69) is 4.90 Å². The lowest BCUT2D eigenvalue weighted by Gasteiger charge is -2.35. The Morgan fingerprint density at radius 2 is 1.56 bits per heavy atom. The zero-order valence-corrected chi connectivity index (χ0v) is 11.8. The molecule has 0 spiro atoms. The minimum Gasteiger partial charge on any atom is -0.303 e. The third-order valence-electron chi connectivity index (χ3n) is 4.32. The summed E-state index contributed by atoms with van der Waals surface area (Å²) >= 11 is 0. The number of aldehydes is 1. The highest BCUT2D eigenvalue weighted by Gasteiger charge is 2.34. The number of nitrogens with zero attached hydrogens (tertiary/aromatic N) is 1. The molecule has 0 radical (unpaired) electrons. The predicted molar refractivity (Wildman–Crippen MR) is 71.3 cm³/mol. The highest BCUT2D eigenvalue weighted by Crippen LogP contribution is 2.34. The van der Waals surface area contributed by atoms with Crippen molar-refractivity contribution in [1.29, 1.82) is 0 Å². The van der Waals surface area contributed by atoms with Crippen molar-refractivity contribution in [3.05, 3.63) is 0 Å². The van der Waals surface area contributed by atoms with Gasteiger partial charge in [-0.25, -0.2) is 8.42 Å². The summed E-state index contributed by atoms with van der Waals surface area (Å²) in [7, 11) is -2.82. The summed E-state index contributed by atoms with van der Waals surface area (Å²) in [5.74, 6) is 0.504. The smallest absolute Gasteiger partial charge is 0.152 e. The molecule has 2 aliphatic rings. The van der Waals surface area contributed by atoms with Crippen LogP contribution < -0.4 is 0 Å². The summed E-state index contributed by atoms with van der Waals surface area (Å²) in [6.45, 7) is 1.95. The number of rotatable bonds is 3. The Balaban J connectivity index is 1.95. The Labute approximate surface area is 110 Å². The molecule has 1 saturated heterocycles. The van der Waals surface area contributed by atoms with Crippen LogP contribution in [0.5, 0.6) is 0 Å². The fraction of sp³-hybridized carbons (Fsp3) is 0.923. The Morgan fingerprint density at radius 1 is 1.00 bits per heavy atom. The largest absolute Gasteiger partial charge is 0.303 e. The topological polar surface area (TPSA) is 54.5 Å². The van der Waals surface area contributed by atoms with Crippen molar-refractivity contribution >= 4 is 16.1 Å². The molecule has 0 N–H and O–H groups in total. The molecule has 0 aromatic heterocycles. The first-order valence-electron chi connectivity index (χ1n) is 6.94. The summed E-state index contributed by atoms with van der Waals surface area (Å²) in [5, 5.41) is 0. The fourth-order valence-electron chi connectivity index (χ4n) is 3.10. The Kier molecular flexibility index (Phi) is 4.43. The standard InChI is InChI=1S/C13H23NO3S/c15-12-13(5-3-1-2-4-6-13)11-14-7-9-18(16,17)10-8-14/h12H,1-11H2. The van der Waals surface area contributed by atoms with E-state index >= 15 is 0 Å². The molecule has 0 aromatic carbocycles. The Morgan fingerprint density at radius 3 is 2.06 bits per heavy atom. The highest BCUT2D eigenvalue weighted by molar-refractivity contribution is 7.91. The minimum atomic E-state index is -2.82. The van der Waals surface area contributed by atoms with Crippen molar-refractivity contribution in [3.63, 3.8) is 0 Å². The molecule has 18 heavy (non-hydrogen) atoms. The van der Waals surface area contributed by atoms with Gasteiger partial charge in [0, 0.05) is 25.0 Å². The van der Waals surface area contributed by atoms with Crippen LogP contribution in [0.2, 0.25) is 0 Å². The molecule has 0 unspecified atom stereocenters. The van der Waals surface area contributed by atoms with Gasteiger partial charge >= 0.3 is 0 Å². The number of carbonyl (C=O) groups excluding carboxylic acids is 1. The van der Waals surface area contributed by atoms with Crippen LogP contribution in [0.1, 0.15) is 38.5 Å². The van der Waals surface area contributed by atoms with E-state index in [0.29, 0.717) is 13.1 Å². The third-order valence-corrected chi connectivity index (χ3v) is 5.93.